The van der Waals surface area contributed by atoms with Crippen molar-refractivity contribution in [1.82, 2.24) is 15.2 Å². The molecule has 0 aliphatic carbocycles. The Balaban J connectivity index is 1.53. The Hall–Kier alpha value is -3.48. The van der Waals surface area contributed by atoms with Crippen LogP contribution in [0.25, 0.3) is 0 Å². The SMILES string of the molecule is CC(=O)Nc1ccc(Nc2nncc(N3CCc4ccccc43)n2)cc1. The summed E-state index contributed by atoms with van der Waals surface area (Å²) in [5.41, 5.74) is 4.04. The fourth-order valence-electron chi connectivity index (χ4n) is 3.02. The van der Waals surface area contributed by atoms with E-state index in [1.807, 2.05) is 30.3 Å². The number of anilines is 5. The number of para-hydroxylation sites is 1. The van der Waals surface area contributed by atoms with Gasteiger partial charge in [-0.1, -0.05) is 18.2 Å². The number of amides is 1. The summed E-state index contributed by atoms with van der Waals surface area (Å²) in [7, 11) is 0. The van der Waals surface area contributed by atoms with Gasteiger partial charge in [-0.2, -0.15) is 10.1 Å². The van der Waals surface area contributed by atoms with Crippen LogP contribution in [-0.2, 0) is 11.2 Å². The van der Waals surface area contributed by atoms with Crippen LogP contribution < -0.4 is 15.5 Å². The van der Waals surface area contributed by atoms with Crippen molar-refractivity contribution < 1.29 is 4.79 Å². The van der Waals surface area contributed by atoms with Crippen LogP contribution in [-0.4, -0.2) is 27.6 Å². The van der Waals surface area contributed by atoms with Gasteiger partial charge in [0.2, 0.25) is 11.9 Å². The Kier molecular flexibility index (Phi) is 4.18. The summed E-state index contributed by atoms with van der Waals surface area (Å²) < 4.78 is 0. The molecule has 0 unspecified atom stereocenters. The molecule has 2 N–H and O–H groups in total. The molecular formula is C19H18N6O. The molecule has 0 fully saturated rings. The molecule has 2 aromatic carbocycles. The molecule has 26 heavy (non-hydrogen) atoms. The van der Waals surface area contributed by atoms with Gasteiger partial charge in [0.15, 0.2) is 5.82 Å². The number of carbonyl (C=O) groups is 1. The molecule has 1 aromatic heterocycles. The summed E-state index contributed by atoms with van der Waals surface area (Å²) in [6, 6.07) is 15.7. The molecule has 0 saturated heterocycles. The molecule has 4 rings (SSSR count). The lowest BCUT2D eigenvalue weighted by molar-refractivity contribution is -0.114. The van der Waals surface area contributed by atoms with Gasteiger partial charge in [-0.15, -0.1) is 5.10 Å². The second-order valence-electron chi connectivity index (χ2n) is 6.05. The monoisotopic (exact) mass is 346 g/mol. The first-order chi connectivity index (χ1) is 12.7. The minimum Gasteiger partial charge on any atom is -0.326 e. The molecule has 1 aliphatic rings. The highest BCUT2D eigenvalue weighted by Crippen LogP contribution is 2.33. The zero-order valence-corrected chi connectivity index (χ0v) is 14.3. The third kappa shape index (κ3) is 3.32. The van der Waals surface area contributed by atoms with Crippen LogP contribution in [0.2, 0.25) is 0 Å². The van der Waals surface area contributed by atoms with E-state index in [-0.39, 0.29) is 5.91 Å². The Bertz CT molecular complexity index is 941. The van der Waals surface area contributed by atoms with E-state index in [2.05, 4.69) is 48.9 Å². The number of nitrogens with zero attached hydrogens (tertiary/aromatic N) is 4. The lowest BCUT2D eigenvalue weighted by Gasteiger charge is -2.18. The van der Waals surface area contributed by atoms with E-state index in [1.54, 1.807) is 6.20 Å². The fourth-order valence-corrected chi connectivity index (χ4v) is 3.02. The molecule has 130 valence electrons. The van der Waals surface area contributed by atoms with E-state index in [0.717, 1.165) is 30.2 Å². The summed E-state index contributed by atoms with van der Waals surface area (Å²) in [5, 5.41) is 14.0. The van der Waals surface area contributed by atoms with Crippen LogP contribution in [0.4, 0.5) is 28.8 Å². The molecule has 0 radical (unpaired) electrons. The van der Waals surface area contributed by atoms with E-state index in [0.29, 0.717) is 5.95 Å². The van der Waals surface area contributed by atoms with Crippen molar-refractivity contribution in [3.8, 4) is 0 Å². The van der Waals surface area contributed by atoms with Crippen LogP contribution in [0.3, 0.4) is 0 Å². The van der Waals surface area contributed by atoms with Crippen molar-refractivity contribution in [1.29, 1.82) is 0 Å². The average Bonchev–Trinajstić information content (AvgIpc) is 3.07. The van der Waals surface area contributed by atoms with Gasteiger partial charge in [0.05, 0.1) is 6.20 Å². The molecule has 0 atom stereocenters. The maximum atomic E-state index is 11.1. The third-order valence-corrected chi connectivity index (χ3v) is 4.17. The van der Waals surface area contributed by atoms with Crippen LogP contribution in [0.1, 0.15) is 12.5 Å². The molecule has 7 nitrogen and oxygen atoms in total. The largest absolute Gasteiger partial charge is 0.326 e. The summed E-state index contributed by atoms with van der Waals surface area (Å²) >= 11 is 0. The number of benzene rings is 2. The summed E-state index contributed by atoms with van der Waals surface area (Å²) in [4.78, 5) is 17.8. The van der Waals surface area contributed by atoms with Gasteiger partial charge in [0.1, 0.15) is 0 Å². The summed E-state index contributed by atoms with van der Waals surface area (Å²) in [6.07, 6.45) is 2.67. The number of hydrogen-bond acceptors (Lipinski definition) is 6. The zero-order valence-electron chi connectivity index (χ0n) is 14.3. The maximum absolute atomic E-state index is 11.1. The fraction of sp³-hybridized carbons (Fsp3) is 0.158. The van der Waals surface area contributed by atoms with Gasteiger partial charge in [0, 0.05) is 30.5 Å². The van der Waals surface area contributed by atoms with Gasteiger partial charge >= 0.3 is 0 Å². The number of fused-ring (bicyclic) bond motifs is 1. The molecule has 7 heteroatoms. The Morgan fingerprint density at radius 2 is 1.85 bits per heavy atom. The molecule has 0 bridgehead atoms. The molecule has 2 heterocycles. The second-order valence-corrected chi connectivity index (χ2v) is 6.05. The van der Waals surface area contributed by atoms with Crippen LogP contribution in [0, 0.1) is 0 Å². The normalized spacial score (nSPS) is 12.6. The lowest BCUT2D eigenvalue weighted by Crippen LogP contribution is -2.16. The van der Waals surface area contributed by atoms with Crippen LogP contribution in [0.15, 0.2) is 54.7 Å². The first kappa shape index (κ1) is 16.0. The van der Waals surface area contributed by atoms with E-state index >= 15 is 0 Å². The van der Waals surface area contributed by atoms with E-state index in [4.69, 9.17) is 0 Å². The van der Waals surface area contributed by atoms with Gasteiger partial charge in [-0.05, 0) is 42.3 Å². The van der Waals surface area contributed by atoms with Crippen molar-refractivity contribution in [2.45, 2.75) is 13.3 Å². The second kappa shape index (κ2) is 6.79. The topological polar surface area (TPSA) is 83.0 Å². The average molecular weight is 346 g/mol. The molecule has 0 saturated carbocycles. The highest BCUT2D eigenvalue weighted by Gasteiger charge is 2.21. The van der Waals surface area contributed by atoms with Gasteiger partial charge < -0.3 is 15.5 Å². The highest BCUT2D eigenvalue weighted by atomic mass is 16.1. The first-order valence-corrected chi connectivity index (χ1v) is 8.39. The Labute approximate surface area is 151 Å². The highest BCUT2D eigenvalue weighted by molar-refractivity contribution is 5.88. The summed E-state index contributed by atoms with van der Waals surface area (Å²) in [6.45, 7) is 2.36. The maximum Gasteiger partial charge on any atom is 0.249 e. The zero-order chi connectivity index (χ0) is 17.9. The van der Waals surface area contributed by atoms with E-state index < -0.39 is 0 Å². The Morgan fingerprint density at radius 3 is 2.65 bits per heavy atom. The van der Waals surface area contributed by atoms with Crippen molar-refractivity contribution in [3.05, 3.63) is 60.3 Å². The van der Waals surface area contributed by atoms with Crippen molar-refractivity contribution in [2.75, 3.05) is 22.1 Å². The van der Waals surface area contributed by atoms with Crippen molar-refractivity contribution >= 4 is 34.7 Å². The lowest BCUT2D eigenvalue weighted by atomic mass is 10.2. The quantitative estimate of drug-likeness (QED) is 0.754. The van der Waals surface area contributed by atoms with Crippen LogP contribution in [0.5, 0.6) is 0 Å². The number of hydrogen-bond donors (Lipinski definition) is 2. The smallest absolute Gasteiger partial charge is 0.249 e. The van der Waals surface area contributed by atoms with Gasteiger partial charge in [-0.3, -0.25) is 4.79 Å². The molecule has 1 aliphatic heterocycles. The Morgan fingerprint density at radius 1 is 1.08 bits per heavy atom. The third-order valence-electron chi connectivity index (χ3n) is 4.17. The predicted octanol–water partition coefficient (Wildman–Crippen LogP) is 3.27. The number of carbonyl (C=O) groups excluding carboxylic acids is 1. The van der Waals surface area contributed by atoms with Crippen molar-refractivity contribution in [2.24, 2.45) is 0 Å². The first-order valence-electron chi connectivity index (χ1n) is 8.39. The molecule has 0 spiro atoms. The van der Waals surface area contributed by atoms with Crippen LogP contribution >= 0.6 is 0 Å². The van der Waals surface area contributed by atoms with E-state index in [9.17, 15) is 4.79 Å². The van der Waals surface area contributed by atoms with Gasteiger partial charge in [-0.25, -0.2) is 0 Å². The number of nitrogens with one attached hydrogen (secondary N) is 2. The minimum absolute atomic E-state index is 0.100. The van der Waals surface area contributed by atoms with Crippen molar-refractivity contribution in [3.63, 3.8) is 0 Å². The van der Waals surface area contributed by atoms with E-state index in [1.165, 1.54) is 18.2 Å². The molecule has 3 aromatic rings. The van der Waals surface area contributed by atoms with Gasteiger partial charge in [0.25, 0.3) is 0 Å². The number of rotatable bonds is 4. The molecular weight excluding hydrogens is 328 g/mol. The minimum atomic E-state index is -0.100. The number of aromatic nitrogens is 3. The summed E-state index contributed by atoms with van der Waals surface area (Å²) in [5.74, 6) is 1.10. The predicted molar refractivity (Wildman–Crippen MR) is 101 cm³/mol. The molecule has 1 amide bonds. The standard InChI is InChI=1S/C19H18N6O/c1-13(26)21-15-6-8-16(9-7-15)22-19-23-18(12-20-24-19)25-11-10-14-4-2-3-5-17(14)25/h2-9,12H,10-11H2,1H3,(H,21,26)(H,22,23,24).